The number of benzene rings is 2. The Labute approximate surface area is 202 Å². The van der Waals surface area contributed by atoms with Gasteiger partial charge in [0.05, 0.1) is 22.7 Å². The predicted molar refractivity (Wildman–Crippen MR) is 134 cm³/mol. The van der Waals surface area contributed by atoms with Gasteiger partial charge in [-0.05, 0) is 30.7 Å². The third kappa shape index (κ3) is 5.25. The summed E-state index contributed by atoms with van der Waals surface area (Å²) >= 11 is 6.09. The van der Waals surface area contributed by atoms with E-state index in [4.69, 9.17) is 4.98 Å². The quantitative estimate of drug-likeness (QED) is 0.291. The average molecular weight is 521 g/mol. The van der Waals surface area contributed by atoms with E-state index in [2.05, 4.69) is 32.3 Å². The van der Waals surface area contributed by atoms with Crippen LogP contribution < -0.4 is 5.32 Å². The molecular formula is C24H17BrN4OS2. The second-order valence-electron chi connectivity index (χ2n) is 6.85. The molecule has 0 aliphatic rings. The molecule has 0 aliphatic heterocycles. The van der Waals surface area contributed by atoms with Crippen molar-refractivity contribution in [1.29, 1.82) is 5.26 Å². The zero-order valence-electron chi connectivity index (χ0n) is 17.0. The molecule has 0 atom stereocenters. The molecule has 0 saturated carbocycles. The van der Waals surface area contributed by atoms with E-state index in [-0.39, 0.29) is 11.7 Å². The fourth-order valence-electron chi connectivity index (χ4n) is 3.05. The van der Waals surface area contributed by atoms with Gasteiger partial charge in [-0.2, -0.15) is 5.26 Å². The summed E-state index contributed by atoms with van der Waals surface area (Å²) in [6.07, 6.45) is 0. The highest BCUT2D eigenvalue weighted by atomic mass is 79.9. The lowest BCUT2D eigenvalue weighted by atomic mass is 9.99. The van der Waals surface area contributed by atoms with Crippen LogP contribution in [0.2, 0.25) is 0 Å². The molecule has 0 unspecified atom stereocenters. The van der Waals surface area contributed by atoms with Gasteiger partial charge in [0.15, 0.2) is 5.13 Å². The highest BCUT2D eigenvalue weighted by Crippen LogP contribution is 2.34. The number of hydrogen-bond donors (Lipinski definition) is 1. The van der Waals surface area contributed by atoms with Crippen LogP contribution in [0.1, 0.15) is 11.3 Å². The minimum absolute atomic E-state index is 0.123. The summed E-state index contributed by atoms with van der Waals surface area (Å²) in [7, 11) is 0. The average Bonchev–Trinajstić information content (AvgIpc) is 3.22. The SMILES string of the molecule is Cc1csc(NC(=O)CSc2nc(-c3ccc(Br)cc3)cc(-c3ccccc3)c2C#N)n1. The number of halogens is 1. The van der Waals surface area contributed by atoms with Crippen molar-refractivity contribution < 1.29 is 4.79 Å². The van der Waals surface area contributed by atoms with Gasteiger partial charge < -0.3 is 5.32 Å². The fourth-order valence-corrected chi connectivity index (χ4v) is 4.82. The Morgan fingerprint density at radius 1 is 1.12 bits per heavy atom. The van der Waals surface area contributed by atoms with Crippen molar-refractivity contribution in [2.75, 3.05) is 11.1 Å². The lowest BCUT2D eigenvalue weighted by Crippen LogP contribution is -2.14. The van der Waals surface area contributed by atoms with E-state index in [1.54, 1.807) is 0 Å². The molecular weight excluding hydrogens is 504 g/mol. The molecule has 4 rings (SSSR count). The maximum Gasteiger partial charge on any atom is 0.236 e. The molecule has 5 nitrogen and oxygen atoms in total. The molecule has 1 N–H and O–H groups in total. The molecule has 158 valence electrons. The minimum Gasteiger partial charge on any atom is -0.301 e. The van der Waals surface area contributed by atoms with Crippen molar-refractivity contribution in [3.8, 4) is 28.5 Å². The maximum absolute atomic E-state index is 12.5. The van der Waals surface area contributed by atoms with Gasteiger partial charge in [0.1, 0.15) is 11.1 Å². The number of nitrogens with one attached hydrogen (secondary N) is 1. The van der Waals surface area contributed by atoms with Crippen LogP contribution in [-0.4, -0.2) is 21.6 Å². The highest BCUT2D eigenvalue weighted by molar-refractivity contribution is 9.10. The summed E-state index contributed by atoms with van der Waals surface area (Å²) in [6, 6.07) is 21.8. The number of rotatable bonds is 6. The Kier molecular flexibility index (Phi) is 7.00. The smallest absolute Gasteiger partial charge is 0.236 e. The summed E-state index contributed by atoms with van der Waals surface area (Å²) in [4.78, 5) is 21.5. The van der Waals surface area contributed by atoms with Crippen LogP contribution in [0.3, 0.4) is 0 Å². The molecule has 0 radical (unpaired) electrons. The number of pyridine rings is 1. The molecule has 0 bridgehead atoms. The van der Waals surface area contributed by atoms with Crippen LogP contribution in [0.4, 0.5) is 5.13 Å². The van der Waals surface area contributed by atoms with E-state index >= 15 is 0 Å². The molecule has 1 amide bonds. The first-order valence-electron chi connectivity index (χ1n) is 9.65. The highest BCUT2D eigenvalue weighted by Gasteiger charge is 2.17. The molecule has 0 spiro atoms. The van der Waals surface area contributed by atoms with Gasteiger partial charge in [0, 0.05) is 21.0 Å². The number of nitriles is 1. The number of anilines is 1. The number of amides is 1. The van der Waals surface area contributed by atoms with E-state index in [9.17, 15) is 10.1 Å². The number of carbonyl (C=O) groups is 1. The molecule has 2 heterocycles. The summed E-state index contributed by atoms with van der Waals surface area (Å²) < 4.78 is 0.974. The van der Waals surface area contributed by atoms with Crippen LogP contribution in [-0.2, 0) is 4.79 Å². The standard InChI is InChI=1S/C24H17BrN4OS2/c1-15-13-32-24(27-15)29-22(30)14-31-23-20(12-26)19(16-5-3-2-4-6-16)11-21(28-23)17-7-9-18(25)10-8-17/h2-11,13H,14H2,1H3,(H,27,29,30). The van der Waals surface area contributed by atoms with Crippen molar-refractivity contribution in [2.45, 2.75) is 11.9 Å². The van der Waals surface area contributed by atoms with E-state index < -0.39 is 0 Å². The summed E-state index contributed by atoms with van der Waals surface area (Å²) in [5.74, 6) is -0.0662. The van der Waals surface area contributed by atoms with Crippen LogP contribution in [0.5, 0.6) is 0 Å². The number of nitrogens with zero attached hydrogens (tertiary/aromatic N) is 3. The monoisotopic (exact) mass is 520 g/mol. The van der Waals surface area contributed by atoms with Gasteiger partial charge >= 0.3 is 0 Å². The van der Waals surface area contributed by atoms with Gasteiger partial charge in [-0.25, -0.2) is 9.97 Å². The Hall–Kier alpha value is -2.99. The largest absolute Gasteiger partial charge is 0.301 e. The number of carbonyl (C=O) groups excluding carboxylic acids is 1. The zero-order valence-corrected chi connectivity index (χ0v) is 20.2. The summed E-state index contributed by atoms with van der Waals surface area (Å²) in [5.41, 5.74) is 4.71. The predicted octanol–water partition coefficient (Wildman–Crippen LogP) is 6.55. The number of hydrogen-bond acceptors (Lipinski definition) is 6. The van der Waals surface area contributed by atoms with Crippen LogP contribution in [0.25, 0.3) is 22.4 Å². The first-order chi connectivity index (χ1) is 15.5. The molecule has 0 fully saturated rings. The lowest BCUT2D eigenvalue weighted by molar-refractivity contribution is -0.113. The van der Waals surface area contributed by atoms with Gasteiger partial charge in [-0.3, -0.25) is 4.79 Å². The van der Waals surface area contributed by atoms with Crippen LogP contribution in [0.15, 0.2) is 75.5 Å². The topological polar surface area (TPSA) is 78.7 Å². The van der Waals surface area contributed by atoms with Crippen molar-refractivity contribution in [3.63, 3.8) is 0 Å². The number of thioether (sulfide) groups is 1. The Morgan fingerprint density at radius 3 is 2.53 bits per heavy atom. The Bertz CT molecular complexity index is 1300. The van der Waals surface area contributed by atoms with Gasteiger partial charge in [-0.1, -0.05) is 70.2 Å². The van der Waals surface area contributed by atoms with Crippen molar-refractivity contribution in [3.05, 3.63) is 81.8 Å². The molecule has 2 aromatic heterocycles. The number of aryl methyl sites for hydroxylation is 1. The minimum atomic E-state index is -0.189. The van der Waals surface area contributed by atoms with Crippen LogP contribution in [0, 0.1) is 18.3 Å². The van der Waals surface area contributed by atoms with E-state index in [1.807, 2.05) is 73.0 Å². The third-order valence-corrected chi connectivity index (χ3v) is 6.91. The van der Waals surface area contributed by atoms with Gasteiger partial charge in [-0.15, -0.1) is 11.3 Å². The van der Waals surface area contributed by atoms with Crippen molar-refractivity contribution >= 4 is 50.1 Å². The van der Waals surface area contributed by atoms with E-state index in [0.29, 0.717) is 15.7 Å². The maximum atomic E-state index is 12.5. The Balaban J connectivity index is 1.69. The first kappa shape index (κ1) is 22.2. The lowest BCUT2D eigenvalue weighted by Gasteiger charge is -2.12. The molecule has 4 aromatic rings. The second kappa shape index (κ2) is 10.1. The van der Waals surface area contributed by atoms with Crippen molar-refractivity contribution in [1.82, 2.24) is 9.97 Å². The molecule has 0 aliphatic carbocycles. The first-order valence-corrected chi connectivity index (χ1v) is 12.3. The summed E-state index contributed by atoms with van der Waals surface area (Å²) in [5, 5.41) is 15.7. The number of aromatic nitrogens is 2. The van der Waals surface area contributed by atoms with Gasteiger partial charge in [0.2, 0.25) is 5.91 Å². The Morgan fingerprint density at radius 2 is 1.88 bits per heavy atom. The molecule has 0 saturated heterocycles. The normalized spacial score (nSPS) is 10.5. The van der Waals surface area contributed by atoms with E-state index in [0.717, 1.165) is 32.6 Å². The molecule has 2 aromatic carbocycles. The fraction of sp³-hybridized carbons (Fsp3) is 0.0833. The summed E-state index contributed by atoms with van der Waals surface area (Å²) in [6.45, 7) is 1.88. The molecule has 32 heavy (non-hydrogen) atoms. The van der Waals surface area contributed by atoms with E-state index in [1.165, 1.54) is 23.1 Å². The second-order valence-corrected chi connectivity index (χ2v) is 9.59. The van der Waals surface area contributed by atoms with Gasteiger partial charge in [0.25, 0.3) is 0 Å². The zero-order chi connectivity index (χ0) is 22.5. The third-order valence-electron chi connectivity index (χ3n) is 4.53. The van der Waals surface area contributed by atoms with Crippen LogP contribution >= 0.6 is 39.0 Å². The number of thiazole rings is 1. The van der Waals surface area contributed by atoms with Crippen molar-refractivity contribution in [2.24, 2.45) is 0 Å². The molecule has 8 heteroatoms.